The maximum absolute atomic E-state index is 14.5. The number of hydrogen-bond acceptors (Lipinski definition) is 5. The lowest BCUT2D eigenvalue weighted by Crippen LogP contribution is -2.54. The molecule has 10 heteroatoms. The first-order valence-electron chi connectivity index (χ1n) is 15.1. The highest BCUT2D eigenvalue weighted by Gasteiger charge is 2.35. The molecule has 0 heterocycles. The SMILES string of the molecule is CC[C@@H](C)NC(=O)[C@H](Cc1ccccc1)N(Cc1ccc(F)cc1)C(=O)CN(c1cccc(OC)c1)S(=O)(=O)c1ccc(C)cc1. The molecule has 1 N–H and O–H groups in total. The number of nitrogens with zero attached hydrogens (tertiary/aromatic N) is 2. The first kappa shape index (κ1) is 34.2. The first-order valence-corrected chi connectivity index (χ1v) is 16.6. The van der Waals surface area contributed by atoms with Crippen molar-refractivity contribution in [2.24, 2.45) is 0 Å². The van der Waals surface area contributed by atoms with E-state index in [9.17, 15) is 22.4 Å². The Morgan fingerprint density at radius 3 is 2.20 bits per heavy atom. The van der Waals surface area contributed by atoms with E-state index in [1.54, 1.807) is 48.5 Å². The van der Waals surface area contributed by atoms with E-state index in [-0.39, 0.29) is 35.5 Å². The number of sulfonamides is 1. The molecule has 0 unspecified atom stereocenters. The molecule has 4 aromatic rings. The summed E-state index contributed by atoms with van der Waals surface area (Å²) in [6, 6.07) is 26.6. The van der Waals surface area contributed by atoms with E-state index in [1.807, 2.05) is 51.1 Å². The largest absolute Gasteiger partial charge is 0.497 e. The van der Waals surface area contributed by atoms with Crippen LogP contribution >= 0.6 is 0 Å². The topological polar surface area (TPSA) is 96.0 Å². The Morgan fingerprint density at radius 2 is 1.57 bits per heavy atom. The van der Waals surface area contributed by atoms with Gasteiger partial charge in [0, 0.05) is 25.1 Å². The molecule has 0 aliphatic carbocycles. The van der Waals surface area contributed by atoms with Crippen molar-refractivity contribution >= 4 is 27.5 Å². The van der Waals surface area contributed by atoms with Crippen molar-refractivity contribution in [2.75, 3.05) is 18.0 Å². The number of ether oxygens (including phenoxy) is 1. The van der Waals surface area contributed by atoms with Gasteiger partial charge in [-0.3, -0.25) is 13.9 Å². The van der Waals surface area contributed by atoms with Crippen molar-refractivity contribution in [3.8, 4) is 5.75 Å². The Labute approximate surface area is 270 Å². The molecule has 0 spiro atoms. The van der Waals surface area contributed by atoms with Gasteiger partial charge in [-0.15, -0.1) is 0 Å². The lowest BCUT2D eigenvalue weighted by atomic mass is 10.0. The summed E-state index contributed by atoms with van der Waals surface area (Å²) in [5.74, 6) is -1.01. The number of halogens is 1. The fourth-order valence-corrected chi connectivity index (χ4v) is 6.32. The van der Waals surface area contributed by atoms with Crippen molar-refractivity contribution in [1.29, 1.82) is 0 Å². The summed E-state index contributed by atoms with van der Waals surface area (Å²) in [4.78, 5) is 29.8. The van der Waals surface area contributed by atoms with Crippen LogP contribution in [0.1, 0.15) is 37.0 Å². The zero-order chi connectivity index (χ0) is 33.3. The summed E-state index contributed by atoms with van der Waals surface area (Å²) in [6.45, 7) is 5.01. The Balaban J connectivity index is 1.82. The van der Waals surface area contributed by atoms with Crippen molar-refractivity contribution < 1.29 is 27.1 Å². The molecule has 0 aliphatic rings. The van der Waals surface area contributed by atoms with Gasteiger partial charge < -0.3 is 15.0 Å². The van der Waals surface area contributed by atoms with E-state index in [0.717, 1.165) is 15.4 Å². The summed E-state index contributed by atoms with van der Waals surface area (Å²) in [5.41, 5.74) is 2.50. The number of benzene rings is 4. The van der Waals surface area contributed by atoms with Gasteiger partial charge in [-0.05, 0) is 67.8 Å². The number of anilines is 1. The lowest BCUT2D eigenvalue weighted by Gasteiger charge is -2.34. The van der Waals surface area contributed by atoms with Crippen LogP contribution < -0.4 is 14.4 Å². The average molecular weight is 646 g/mol. The highest BCUT2D eigenvalue weighted by molar-refractivity contribution is 7.92. The van der Waals surface area contributed by atoms with Crippen molar-refractivity contribution in [3.05, 3.63) is 126 Å². The Hall–Kier alpha value is -4.70. The molecule has 2 amide bonds. The second kappa shape index (κ2) is 15.5. The van der Waals surface area contributed by atoms with Gasteiger partial charge in [0.1, 0.15) is 24.2 Å². The van der Waals surface area contributed by atoms with Gasteiger partial charge in [-0.1, -0.05) is 73.2 Å². The normalized spacial score (nSPS) is 12.5. The molecule has 0 saturated carbocycles. The first-order chi connectivity index (χ1) is 22.0. The molecular weight excluding hydrogens is 605 g/mol. The molecule has 0 aromatic heterocycles. The third kappa shape index (κ3) is 8.72. The fourth-order valence-electron chi connectivity index (χ4n) is 4.91. The molecular formula is C36H40FN3O5S. The van der Waals surface area contributed by atoms with E-state index >= 15 is 0 Å². The van der Waals surface area contributed by atoms with Crippen molar-refractivity contribution in [2.45, 2.75) is 57.1 Å². The van der Waals surface area contributed by atoms with Crippen LogP contribution in [-0.2, 0) is 32.6 Å². The molecule has 0 fully saturated rings. The molecule has 0 saturated heterocycles. The molecule has 0 radical (unpaired) electrons. The Bertz CT molecular complexity index is 1720. The molecule has 4 rings (SSSR count). The summed E-state index contributed by atoms with van der Waals surface area (Å²) in [7, 11) is -2.78. The molecule has 0 aliphatic heterocycles. The van der Waals surface area contributed by atoms with Crippen molar-refractivity contribution in [3.63, 3.8) is 0 Å². The number of rotatable bonds is 14. The van der Waals surface area contributed by atoms with Gasteiger partial charge in [-0.25, -0.2) is 12.8 Å². The highest BCUT2D eigenvalue weighted by Crippen LogP contribution is 2.28. The van der Waals surface area contributed by atoms with E-state index in [2.05, 4.69) is 5.32 Å². The van der Waals surface area contributed by atoms with Crippen LogP contribution in [0.4, 0.5) is 10.1 Å². The van der Waals surface area contributed by atoms with E-state index < -0.39 is 34.3 Å². The molecule has 4 aromatic carbocycles. The zero-order valence-corrected chi connectivity index (χ0v) is 27.3. The number of nitrogens with one attached hydrogen (secondary N) is 1. The monoisotopic (exact) mass is 645 g/mol. The summed E-state index contributed by atoms with van der Waals surface area (Å²) >= 11 is 0. The fraction of sp³-hybridized carbons (Fsp3) is 0.278. The standard InChI is InChI=1S/C36H40FN3O5S/c1-5-27(3)38-36(42)34(22-28-10-7-6-8-11-28)39(24-29-16-18-30(37)19-17-29)35(41)25-40(31-12-9-13-32(23-31)45-4)46(43,44)33-20-14-26(2)15-21-33/h6-21,23,27,34H,5,22,24-25H2,1-4H3,(H,38,42)/t27-,34+/m1/s1. The van der Waals surface area contributed by atoms with Crippen LogP contribution in [0.5, 0.6) is 5.75 Å². The summed E-state index contributed by atoms with van der Waals surface area (Å²) in [5, 5.41) is 3.00. The number of carbonyl (C=O) groups is 2. The van der Waals surface area contributed by atoms with Crippen LogP contribution in [0.3, 0.4) is 0 Å². The van der Waals surface area contributed by atoms with Gasteiger partial charge >= 0.3 is 0 Å². The minimum atomic E-state index is -4.25. The van der Waals surface area contributed by atoms with Crippen LogP contribution in [0, 0.1) is 12.7 Å². The number of hydrogen-bond donors (Lipinski definition) is 1. The maximum Gasteiger partial charge on any atom is 0.264 e. The van der Waals surface area contributed by atoms with E-state index in [1.165, 1.54) is 36.3 Å². The van der Waals surface area contributed by atoms with Gasteiger partial charge in [0.15, 0.2) is 0 Å². The average Bonchev–Trinajstić information content (AvgIpc) is 3.06. The molecule has 2 atom stereocenters. The molecule has 242 valence electrons. The molecule has 8 nitrogen and oxygen atoms in total. The summed E-state index contributed by atoms with van der Waals surface area (Å²) < 4.78 is 48.6. The summed E-state index contributed by atoms with van der Waals surface area (Å²) in [6.07, 6.45) is 0.855. The number of amides is 2. The van der Waals surface area contributed by atoms with Crippen molar-refractivity contribution in [1.82, 2.24) is 10.2 Å². The number of carbonyl (C=O) groups excluding carboxylic acids is 2. The van der Waals surface area contributed by atoms with Gasteiger partial charge in [0.2, 0.25) is 11.8 Å². The Morgan fingerprint density at radius 1 is 0.891 bits per heavy atom. The van der Waals surface area contributed by atoms with Crippen LogP contribution in [-0.4, -0.2) is 50.9 Å². The predicted octanol–water partition coefficient (Wildman–Crippen LogP) is 5.89. The zero-order valence-electron chi connectivity index (χ0n) is 26.5. The minimum absolute atomic E-state index is 0.00848. The van der Waals surface area contributed by atoms with Crippen LogP contribution in [0.15, 0.2) is 108 Å². The van der Waals surface area contributed by atoms with E-state index in [4.69, 9.17) is 4.74 Å². The third-order valence-corrected chi connectivity index (χ3v) is 9.56. The highest BCUT2D eigenvalue weighted by atomic mass is 32.2. The second-order valence-corrected chi connectivity index (χ2v) is 13.1. The Kier molecular flexibility index (Phi) is 11.5. The predicted molar refractivity (Wildman–Crippen MR) is 177 cm³/mol. The number of methoxy groups -OCH3 is 1. The van der Waals surface area contributed by atoms with E-state index in [0.29, 0.717) is 17.7 Å². The number of aryl methyl sites for hydroxylation is 1. The van der Waals surface area contributed by atoms with Crippen LogP contribution in [0.25, 0.3) is 0 Å². The second-order valence-electron chi connectivity index (χ2n) is 11.2. The maximum atomic E-state index is 14.5. The molecule has 0 bridgehead atoms. The third-order valence-electron chi connectivity index (χ3n) is 7.77. The van der Waals surface area contributed by atoms with Gasteiger partial charge in [-0.2, -0.15) is 0 Å². The minimum Gasteiger partial charge on any atom is -0.497 e. The van der Waals surface area contributed by atoms with Gasteiger partial charge in [0.25, 0.3) is 10.0 Å². The van der Waals surface area contributed by atoms with Gasteiger partial charge in [0.05, 0.1) is 17.7 Å². The smallest absolute Gasteiger partial charge is 0.264 e. The quantitative estimate of drug-likeness (QED) is 0.185. The van der Waals surface area contributed by atoms with Crippen LogP contribution in [0.2, 0.25) is 0 Å². The molecule has 46 heavy (non-hydrogen) atoms. The lowest BCUT2D eigenvalue weighted by molar-refractivity contribution is -0.140.